The van der Waals surface area contributed by atoms with E-state index in [1.54, 1.807) is 0 Å². The summed E-state index contributed by atoms with van der Waals surface area (Å²) in [5.41, 5.74) is 0. The molecule has 1 aliphatic rings. The third-order valence-corrected chi connectivity index (χ3v) is 10.9. The van der Waals surface area contributed by atoms with E-state index >= 15 is 0 Å². The summed E-state index contributed by atoms with van der Waals surface area (Å²) in [7, 11) is -4.61. The van der Waals surface area contributed by atoms with Crippen molar-refractivity contribution in [3.8, 4) is 0 Å². The largest absolute Gasteiger partial charge is 0.462 e. The van der Waals surface area contributed by atoms with Crippen molar-refractivity contribution in [1.29, 1.82) is 0 Å². The van der Waals surface area contributed by atoms with Crippen LogP contribution in [0.3, 0.4) is 0 Å². The summed E-state index contributed by atoms with van der Waals surface area (Å²) in [4.78, 5) is 25.3. The van der Waals surface area contributed by atoms with E-state index in [0.29, 0.717) is 19.3 Å². The Kier molecular flexibility index (Phi) is 33.6. The Balaban J connectivity index is 2.45. The molecule has 1 aliphatic heterocycles. The molecule has 13 heteroatoms. The van der Waals surface area contributed by atoms with Crippen LogP contribution in [0.1, 0.15) is 174 Å². The van der Waals surface area contributed by atoms with E-state index in [1.165, 1.54) is 89.9 Å². The van der Waals surface area contributed by atoms with E-state index in [9.17, 15) is 37.9 Å². The molecule has 0 aromatic rings. The summed E-state index contributed by atoms with van der Waals surface area (Å²) in [5.74, 6) is -2.08. The number of hydrogen-bond donors (Lipinski definition) is 4. The van der Waals surface area contributed by atoms with Crippen molar-refractivity contribution < 1.29 is 56.8 Å². The molecule has 4 N–H and O–H groups in total. The summed E-state index contributed by atoms with van der Waals surface area (Å²) in [6, 6.07) is 0. The van der Waals surface area contributed by atoms with Crippen LogP contribution < -0.4 is 0 Å². The highest BCUT2D eigenvalue weighted by molar-refractivity contribution is 7.85. The fourth-order valence-electron chi connectivity index (χ4n) is 6.69. The maximum Gasteiger partial charge on any atom is 0.306 e. The molecule has 1 fully saturated rings. The van der Waals surface area contributed by atoms with Gasteiger partial charge in [-0.2, -0.15) is 8.42 Å². The smallest absolute Gasteiger partial charge is 0.306 e. The van der Waals surface area contributed by atoms with Crippen molar-refractivity contribution in [2.24, 2.45) is 0 Å². The van der Waals surface area contributed by atoms with Crippen molar-refractivity contribution in [1.82, 2.24) is 0 Å². The van der Waals surface area contributed by atoms with E-state index in [-0.39, 0.29) is 19.4 Å². The predicted molar refractivity (Wildman–Crippen MR) is 233 cm³/mol. The van der Waals surface area contributed by atoms with Gasteiger partial charge in [0.2, 0.25) is 0 Å². The summed E-state index contributed by atoms with van der Waals surface area (Å²) in [6.07, 6.45) is 33.2. The topological polar surface area (TPSA) is 186 Å². The molecule has 1 heterocycles. The normalized spacial score (nSPS) is 20.7. The maximum absolute atomic E-state index is 12.7. The van der Waals surface area contributed by atoms with Gasteiger partial charge < -0.3 is 34.3 Å². The highest BCUT2D eigenvalue weighted by Crippen LogP contribution is 2.24. The molecule has 12 nitrogen and oxygen atoms in total. The molecule has 0 aliphatic carbocycles. The van der Waals surface area contributed by atoms with Crippen LogP contribution in [0.2, 0.25) is 0 Å². The molecular weight excluding hydrogens is 777 g/mol. The maximum atomic E-state index is 12.7. The van der Waals surface area contributed by atoms with Crippen LogP contribution in [0.4, 0.5) is 0 Å². The van der Waals surface area contributed by atoms with Gasteiger partial charge in [-0.05, 0) is 38.5 Å². The lowest BCUT2D eigenvalue weighted by Crippen LogP contribution is -2.60. The molecule has 59 heavy (non-hydrogen) atoms. The number of carbonyl (C=O) groups is 2. The number of unbranched alkanes of at least 4 members (excludes halogenated alkanes) is 17. The average molecular weight is 857 g/mol. The van der Waals surface area contributed by atoms with Gasteiger partial charge in [0.25, 0.3) is 10.1 Å². The summed E-state index contributed by atoms with van der Waals surface area (Å²) in [6.45, 7) is 3.58. The first-order valence-corrected chi connectivity index (χ1v) is 24.3. The van der Waals surface area contributed by atoms with Gasteiger partial charge in [-0.25, -0.2) is 0 Å². The number of aliphatic hydroxyl groups excluding tert-OH is 3. The molecule has 0 aromatic heterocycles. The van der Waals surface area contributed by atoms with Gasteiger partial charge in [0.1, 0.15) is 36.8 Å². The first-order valence-electron chi connectivity index (χ1n) is 22.7. The Morgan fingerprint density at radius 2 is 1.07 bits per heavy atom. The van der Waals surface area contributed by atoms with Crippen molar-refractivity contribution in [3.63, 3.8) is 0 Å². The van der Waals surface area contributed by atoms with Crippen LogP contribution in [-0.2, 0) is 38.7 Å². The average Bonchev–Trinajstić information content (AvgIpc) is 3.20. The van der Waals surface area contributed by atoms with Crippen LogP contribution >= 0.6 is 0 Å². The van der Waals surface area contributed by atoms with Gasteiger partial charge in [-0.3, -0.25) is 14.1 Å². The van der Waals surface area contributed by atoms with Gasteiger partial charge in [0.15, 0.2) is 12.4 Å². The minimum absolute atomic E-state index is 0.0435. The highest BCUT2D eigenvalue weighted by atomic mass is 32.2. The lowest BCUT2D eigenvalue weighted by Gasteiger charge is -2.40. The highest BCUT2D eigenvalue weighted by Gasteiger charge is 2.46. The van der Waals surface area contributed by atoms with Gasteiger partial charge in [0.05, 0.1) is 6.61 Å². The van der Waals surface area contributed by atoms with E-state index in [4.69, 9.17) is 18.9 Å². The van der Waals surface area contributed by atoms with Crippen molar-refractivity contribution in [3.05, 3.63) is 48.6 Å². The van der Waals surface area contributed by atoms with Gasteiger partial charge in [-0.15, -0.1) is 0 Å². The number of esters is 2. The second-order valence-electron chi connectivity index (χ2n) is 15.7. The zero-order valence-corrected chi connectivity index (χ0v) is 37.2. The minimum atomic E-state index is -4.61. The Hall–Kier alpha value is -2.39. The van der Waals surface area contributed by atoms with Gasteiger partial charge in [-0.1, -0.05) is 172 Å². The molecule has 0 amide bonds. The number of hydrogen-bond acceptors (Lipinski definition) is 11. The quantitative estimate of drug-likeness (QED) is 0.0201. The molecule has 1 saturated heterocycles. The third-order valence-electron chi connectivity index (χ3n) is 10.2. The Labute approximate surface area is 356 Å². The zero-order valence-electron chi connectivity index (χ0n) is 36.3. The number of ether oxygens (including phenoxy) is 4. The number of aliphatic hydroxyl groups is 3. The molecule has 6 unspecified atom stereocenters. The fourth-order valence-corrected chi connectivity index (χ4v) is 7.38. The molecule has 0 saturated carbocycles. The molecule has 6 atom stereocenters. The Morgan fingerprint density at radius 3 is 1.56 bits per heavy atom. The summed E-state index contributed by atoms with van der Waals surface area (Å²) in [5, 5.41) is 30.8. The lowest BCUT2D eigenvalue weighted by atomic mass is 10.00. The molecular formula is C46H80O12S. The Bertz CT molecular complexity index is 1280. The van der Waals surface area contributed by atoms with Crippen LogP contribution in [0.15, 0.2) is 48.6 Å². The van der Waals surface area contributed by atoms with Gasteiger partial charge in [0, 0.05) is 12.8 Å². The second-order valence-corrected chi connectivity index (χ2v) is 17.2. The molecule has 342 valence electrons. The molecule has 0 aromatic carbocycles. The fraction of sp³-hybridized carbons (Fsp3) is 0.783. The molecule has 1 rings (SSSR count). The summed E-state index contributed by atoms with van der Waals surface area (Å²) < 4.78 is 53.9. The van der Waals surface area contributed by atoms with Crippen molar-refractivity contribution in [2.75, 3.05) is 19.0 Å². The standard InChI is InChI=1S/C46H80O12S/c1-3-5-7-9-11-13-15-17-18-19-20-21-23-24-26-28-30-32-34-41(47)55-36-39(37-56-46-45(51)44(50)43(49)40(58-46)38-59(52,53)54)57-42(48)35-33-31-29-27-25-22-16-14-12-10-8-6-4-2/h6,8,12,14,22,25,29,31,39-40,43-46,49-51H,3-5,7,9-11,13,15-21,23-24,26-28,30,32-38H2,1-2H3,(H,52,53,54)/b8-6-,14-12-,25-22-,31-29-. The van der Waals surface area contributed by atoms with Crippen LogP contribution in [0.5, 0.6) is 0 Å². The number of carbonyl (C=O) groups excluding carboxylic acids is 2. The monoisotopic (exact) mass is 857 g/mol. The lowest BCUT2D eigenvalue weighted by molar-refractivity contribution is -0.297. The zero-order chi connectivity index (χ0) is 43.4. The van der Waals surface area contributed by atoms with Crippen LogP contribution in [0.25, 0.3) is 0 Å². The van der Waals surface area contributed by atoms with Crippen LogP contribution in [0, 0.1) is 0 Å². The molecule has 0 spiro atoms. The van der Waals surface area contributed by atoms with Gasteiger partial charge >= 0.3 is 11.9 Å². The van der Waals surface area contributed by atoms with E-state index in [0.717, 1.165) is 38.5 Å². The Morgan fingerprint density at radius 1 is 0.593 bits per heavy atom. The number of allylic oxidation sites excluding steroid dienone is 8. The minimum Gasteiger partial charge on any atom is -0.462 e. The van der Waals surface area contributed by atoms with Crippen LogP contribution in [-0.4, -0.2) is 96.0 Å². The van der Waals surface area contributed by atoms with E-state index in [1.807, 2.05) is 18.2 Å². The molecule has 0 bridgehead atoms. The molecule has 0 radical (unpaired) electrons. The number of rotatable bonds is 37. The van der Waals surface area contributed by atoms with Crippen molar-refractivity contribution >= 4 is 22.1 Å². The van der Waals surface area contributed by atoms with Crippen molar-refractivity contribution in [2.45, 2.75) is 211 Å². The van der Waals surface area contributed by atoms with E-state index < -0.39 is 71.2 Å². The second kappa shape index (κ2) is 36.3. The first-order chi connectivity index (χ1) is 28.5. The first kappa shape index (κ1) is 54.6. The SMILES string of the molecule is CC/C=C\C/C=C\C/C=C\C/C=C\CCC(=O)OC(COC(=O)CCCCCCCCCCCCCCCCCCCC)COC1OC(CS(=O)(=O)O)C(O)C(O)C1O. The third kappa shape index (κ3) is 31.2. The summed E-state index contributed by atoms with van der Waals surface area (Å²) >= 11 is 0. The predicted octanol–water partition coefficient (Wildman–Crippen LogP) is 9.17. The van der Waals surface area contributed by atoms with E-state index in [2.05, 4.69) is 44.2 Å².